The summed E-state index contributed by atoms with van der Waals surface area (Å²) in [5, 5.41) is 3.38. The fraction of sp³-hybridized carbons (Fsp3) is 0.125. The Bertz CT molecular complexity index is 675. The van der Waals surface area contributed by atoms with Gasteiger partial charge in [0.1, 0.15) is 0 Å². The van der Waals surface area contributed by atoms with E-state index < -0.39 is 0 Å². The third-order valence-corrected chi connectivity index (χ3v) is 3.05. The SMILES string of the molecule is Cc1ccc(CNc2cccc(-c3cnco3)c2)cn1. The van der Waals surface area contributed by atoms with Crippen molar-refractivity contribution in [2.24, 2.45) is 0 Å². The van der Waals surface area contributed by atoms with Gasteiger partial charge < -0.3 is 9.73 Å². The maximum Gasteiger partial charge on any atom is 0.181 e. The molecule has 0 unspecified atom stereocenters. The lowest BCUT2D eigenvalue weighted by Crippen LogP contribution is -2.00. The molecule has 1 N–H and O–H groups in total. The van der Waals surface area contributed by atoms with Crippen LogP contribution in [-0.4, -0.2) is 9.97 Å². The zero-order chi connectivity index (χ0) is 13.8. The molecule has 0 atom stereocenters. The van der Waals surface area contributed by atoms with Crippen LogP contribution in [0.2, 0.25) is 0 Å². The van der Waals surface area contributed by atoms with Gasteiger partial charge in [0.2, 0.25) is 0 Å². The lowest BCUT2D eigenvalue weighted by molar-refractivity contribution is 0.572. The first-order chi connectivity index (χ1) is 9.81. The van der Waals surface area contributed by atoms with E-state index in [1.54, 1.807) is 6.20 Å². The van der Waals surface area contributed by atoms with E-state index in [0.29, 0.717) is 0 Å². The molecule has 4 nitrogen and oxygen atoms in total. The van der Waals surface area contributed by atoms with Crippen LogP contribution in [0.1, 0.15) is 11.3 Å². The highest BCUT2D eigenvalue weighted by Crippen LogP contribution is 2.22. The van der Waals surface area contributed by atoms with Gasteiger partial charge in [-0.25, -0.2) is 4.98 Å². The number of pyridine rings is 1. The standard InChI is InChI=1S/C16H15N3O/c1-12-5-6-13(8-18-12)9-19-15-4-2-3-14(7-15)16-10-17-11-20-16/h2-8,10-11,19H,9H2,1H3. The summed E-state index contributed by atoms with van der Waals surface area (Å²) in [5.41, 5.74) is 4.23. The van der Waals surface area contributed by atoms with E-state index >= 15 is 0 Å². The average molecular weight is 265 g/mol. The molecule has 0 saturated heterocycles. The summed E-state index contributed by atoms with van der Waals surface area (Å²) in [5.74, 6) is 0.769. The van der Waals surface area contributed by atoms with E-state index in [-0.39, 0.29) is 0 Å². The molecule has 2 heterocycles. The zero-order valence-corrected chi connectivity index (χ0v) is 11.2. The van der Waals surface area contributed by atoms with E-state index in [9.17, 15) is 0 Å². The maximum absolute atomic E-state index is 5.30. The fourth-order valence-corrected chi connectivity index (χ4v) is 1.95. The first-order valence-electron chi connectivity index (χ1n) is 6.45. The smallest absolute Gasteiger partial charge is 0.181 e. The largest absolute Gasteiger partial charge is 0.444 e. The van der Waals surface area contributed by atoms with Crippen LogP contribution in [0, 0.1) is 6.92 Å². The Balaban J connectivity index is 1.72. The van der Waals surface area contributed by atoms with Crippen LogP contribution in [0.15, 0.2) is 59.6 Å². The van der Waals surface area contributed by atoms with Gasteiger partial charge in [-0.1, -0.05) is 18.2 Å². The van der Waals surface area contributed by atoms with Crippen molar-refractivity contribution in [1.82, 2.24) is 9.97 Å². The van der Waals surface area contributed by atoms with Gasteiger partial charge in [0.15, 0.2) is 12.2 Å². The highest BCUT2D eigenvalue weighted by Gasteiger charge is 2.02. The third-order valence-electron chi connectivity index (χ3n) is 3.05. The third kappa shape index (κ3) is 2.85. The summed E-state index contributed by atoms with van der Waals surface area (Å²) in [7, 11) is 0. The van der Waals surface area contributed by atoms with Gasteiger partial charge in [-0.2, -0.15) is 0 Å². The molecule has 0 aliphatic carbocycles. The molecular weight excluding hydrogens is 250 g/mol. The second-order valence-corrected chi connectivity index (χ2v) is 4.61. The van der Waals surface area contributed by atoms with Crippen LogP contribution in [0.25, 0.3) is 11.3 Å². The molecular formula is C16H15N3O. The molecule has 3 aromatic rings. The van der Waals surface area contributed by atoms with Crippen molar-refractivity contribution in [3.8, 4) is 11.3 Å². The van der Waals surface area contributed by atoms with Gasteiger partial charge in [-0.05, 0) is 30.7 Å². The number of benzene rings is 1. The highest BCUT2D eigenvalue weighted by molar-refractivity contribution is 5.63. The molecule has 0 bridgehead atoms. The minimum atomic E-state index is 0.743. The Morgan fingerprint density at radius 1 is 1.15 bits per heavy atom. The van der Waals surface area contributed by atoms with Gasteiger partial charge in [0, 0.05) is 29.7 Å². The predicted octanol–water partition coefficient (Wildman–Crippen LogP) is 3.66. The topological polar surface area (TPSA) is 51.0 Å². The van der Waals surface area contributed by atoms with Crippen molar-refractivity contribution >= 4 is 5.69 Å². The lowest BCUT2D eigenvalue weighted by atomic mass is 10.1. The van der Waals surface area contributed by atoms with E-state index in [1.807, 2.05) is 43.5 Å². The van der Waals surface area contributed by atoms with E-state index in [2.05, 4.69) is 21.4 Å². The molecule has 2 aromatic heterocycles. The molecule has 0 aliphatic heterocycles. The Labute approximate surface area is 117 Å². The number of aromatic nitrogens is 2. The molecule has 0 spiro atoms. The molecule has 0 fully saturated rings. The van der Waals surface area contributed by atoms with Gasteiger partial charge >= 0.3 is 0 Å². The van der Waals surface area contributed by atoms with E-state index in [0.717, 1.165) is 34.8 Å². The molecule has 4 heteroatoms. The van der Waals surface area contributed by atoms with Crippen LogP contribution in [0.5, 0.6) is 0 Å². The minimum Gasteiger partial charge on any atom is -0.444 e. The van der Waals surface area contributed by atoms with Gasteiger partial charge in [-0.15, -0.1) is 0 Å². The normalized spacial score (nSPS) is 10.4. The Morgan fingerprint density at radius 2 is 2.10 bits per heavy atom. The molecule has 20 heavy (non-hydrogen) atoms. The second-order valence-electron chi connectivity index (χ2n) is 4.61. The summed E-state index contributed by atoms with van der Waals surface area (Å²) < 4.78 is 5.30. The molecule has 0 radical (unpaired) electrons. The highest BCUT2D eigenvalue weighted by atomic mass is 16.3. The maximum atomic E-state index is 5.30. The summed E-state index contributed by atoms with van der Waals surface area (Å²) >= 11 is 0. The van der Waals surface area contributed by atoms with Crippen molar-refractivity contribution in [1.29, 1.82) is 0 Å². The molecule has 0 amide bonds. The summed E-state index contributed by atoms with van der Waals surface area (Å²) in [6, 6.07) is 12.2. The van der Waals surface area contributed by atoms with E-state index in [1.165, 1.54) is 6.39 Å². The van der Waals surface area contributed by atoms with Gasteiger partial charge in [0.25, 0.3) is 0 Å². The quantitative estimate of drug-likeness (QED) is 0.782. The summed E-state index contributed by atoms with van der Waals surface area (Å²) in [6.07, 6.45) is 5.04. The fourth-order valence-electron chi connectivity index (χ4n) is 1.95. The zero-order valence-electron chi connectivity index (χ0n) is 11.2. The first-order valence-corrected chi connectivity index (χ1v) is 6.45. The van der Waals surface area contributed by atoms with Crippen LogP contribution < -0.4 is 5.32 Å². The van der Waals surface area contributed by atoms with Crippen molar-refractivity contribution in [3.63, 3.8) is 0 Å². The van der Waals surface area contributed by atoms with Crippen LogP contribution >= 0.6 is 0 Å². The number of rotatable bonds is 4. The second kappa shape index (κ2) is 5.57. The number of nitrogens with zero attached hydrogens (tertiary/aromatic N) is 2. The van der Waals surface area contributed by atoms with Crippen molar-refractivity contribution in [3.05, 3.63) is 66.4 Å². The Morgan fingerprint density at radius 3 is 2.85 bits per heavy atom. The minimum absolute atomic E-state index is 0.743. The summed E-state index contributed by atoms with van der Waals surface area (Å²) in [4.78, 5) is 8.22. The monoisotopic (exact) mass is 265 g/mol. The van der Waals surface area contributed by atoms with E-state index in [4.69, 9.17) is 4.42 Å². The van der Waals surface area contributed by atoms with Gasteiger partial charge in [-0.3, -0.25) is 4.98 Å². The molecule has 1 aromatic carbocycles. The number of hydrogen-bond donors (Lipinski definition) is 1. The molecule has 100 valence electrons. The number of anilines is 1. The molecule has 0 saturated carbocycles. The van der Waals surface area contributed by atoms with Crippen molar-refractivity contribution in [2.75, 3.05) is 5.32 Å². The average Bonchev–Trinajstić information content (AvgIpc) is 3.01. The summed E-state index contributed by atoms with van der Waals surface area (Å²) in [6.45, 7) is 2.73. The first kappa shape index (κ1) is 12.4. The number of aryl methyl sites for hydroxylation is 1. The van der Waals surface area contributed by atoms with Crippen LogP contribution in [-0.2, 0) is 6.54 Å². The number of oxazole rings is 1. The number of hydrogen-bond acceptors (Lipinski definition) is 4. The van der Waals surface area contributed by atoms with Gasteiger partial charge in [0.05, 0.1) is 6.20 Å². The molecule has 0 aliphatic rings. The predicted molar refractivity (Wildman–Crippen MR) is 78.2 cm³/mol. The van der Waals surface area contributed by atoms with Crippen LogP contribution in [0.3, 0.4) is 0 Å². The molecule has 3 rings (SSSR count). The van der Waals surface area contributed by atoms with Crippen molar-refractivity contribution in [2.45, 2.75) is 13.5 Å². The Hall–Kier alpha value is -2.62. The van der Waals surface area contributed by atoms with Crippen LogP contribution in [0.4, 0.5) is 5.69 Å². The lowest BCUT2D eigenvalue weighted by Gasteiger charge is -2.07. The van der Waals surface area contributed by atoms with Crippen molar-refractivity contribution < 1.29 is 4.42 Å². The number of nitrogens with one attached hydrogen (secondary N) is 1. The Kier molecular flexibility index (Phi) is 3.46.